The fraction of sp³-hybridized carbons (Fsp3) is 0.0769. The summed E-state index contributed by atoms with van der Waals surface area (Å²) in [5, 5.41) is 6.12. The summed E-state index contributed by atoms with van der Waals surface area (Å²) in [6, 6.07) is 12.8. The summed E-state index contributed by atoms with van der Waals surface area (Å²) in [7, 11) is -4.20. The van der Waals surface area contributed by atoms with Crippen LogP contribution in [0.15, 0.2) is 85.2 Å². The number of rotatable bonds is 8. The largest absolute Gasteiger partial charge is 0.418 e. The number of halogens is 3. The van der Waals surface area contributed by atoms with Crippen LogP contribution in [0.2, 0.25) is 0 Å². The molecule has 0 saturated heterocycles. The third-order valence-electron chi connectivity index (χ3n) is 5.41. The maximum atomic E-state index is 13.6. The first-order valence-corrected chi connectivity index (χ1v) is 12.8. The third-order valence-corrected chi connectivity index (χ3v) is 6.36. The van der Waals surface area contributed by atoms with Gasteiger partial charge in [-0.1, -0.05) is 12.6 Å². The molecule has 0 aliphatic heterocycles. The van der Waals surface area contributed by atoms with Crippen molar-refractivity contribution in [2.75, 3.05) is 15.4 Å². The molecular weight excluding hydrogens is 533 g/mol. The molecule has 1 amide bonds. The number of alkyl halides is 3. The number of benzene rings is 2. The highest BCUT2D eigenvalue weighted by molar-refractivity contribution is 7.95. The van der Waals surface area contributed by atoms with E-state index in [4.69, 9.17) is 0 Å². The Balaban J connectivity index is 1.57. The SMILES string of the molecule is C=CS(=O)(=O)Nc1ccc(C(=O)Nc2ccc(C)c(Nc3nccc(-c4cccnc4)n3)c2)cc1C(F)(F)F. The van der Waals surface area contributed by atoms with Crippen molar-refractivity contribution in [3.63, 3.8) is 0 Å². The van der Waals surface area contributed by atoms with Crippen molar-refractivity contribution in [1.82, 2.24) is 15.0 Å². The summed E-state index contributed by atoms with van der Waals surface area (Å²) in [5.74, 6) is -0.543. The maximum absolute atomic E-state index is 13.6. The van der Waals surface area contributed by atoms with Crippen LogP contribution in [0.4, 0.5) is 36.2 Å². The Hall–Kier alpha value is -4.78. The predicted molar refractivity (Wildman–Crippen MR) is 142 cm³/mol. The number of anilines is 4. The first-order chi connectivity index (χ1) is 18.4. The second kappa shape index (κ2) is 10.9. The summed E-state index contributed by atoms with van der Waals surface area (Å²) >= 11 is 0. The number of hydrogen-bond donors (Lipinski definition) is 3. The molecule has 0 atom stereocenters. The van der Waals surface area contributed by atoms with Crippen LogP contribution in [0.3, 0.4) is 0 Å². The quantitative estimate of drug-likeness (QED) is 0.253. The molecule has 0 saturated carbocycles. The minimum Gasteiger partial charge on any atom is -0.324 e. The molecule has 39 heavy (non-hydrogen) atoms. The Kier molecular flexibility index (Phi) is 7.63. The molecule has 0 spiro atoms. The average molecular weight is 555 g/mol. The lowest BCUT2D eigenvalue weighted by Crippen LogP contribution is -2.18. The molecule has 4 aromatic rings. The number of aromatic nitrogens is 3. The maximum Gasteiger partial charge on any atom is 0.418 e. The van der Waals surface area contributed by atoms with Gasteiger partial charge in [-0.15, -0.1) is 0 Å². The van der Waals surface area contributed by atoms with Crippen LogP contribution >= 0.6 is 0 Å². The molecule has 4 rings (SSSR count). The van der Waals surface area contributed by atoms with E-state index in [0.29, 0.717) is 28.5 Å². The molecule has 3 N–H and O–H groups in total. The molecule has 0 bridgehead atoms. The highest BCUT2D eigenvalue weighted by Crippen LogP contribution is 2.36. The Morgan fingerprint density at radius 2 is 1.82 bits per heavy atom. The lowest BCUT2D eigenvalue weighted by Gasteiger charge is -2.16. The number of carbonyl (C=O) groups excluding carboxylic acids is 1. The molecule has 9 nitrogen and oxygen atoms in total. The highest BCUT2D eigenvalue weighted by Gasteiger charge is 2.35. The fourth-order valence-corrected chi connectivity index (χ4v) is 4.02. The van der Waals surface area contributed by atoms with E-state index in [-0.39, 0.29) is 11.5 Å². The standard InChI is InChI=1S/C26H21F3N6O3S/c1-3-39(37,38)35-22-9-7-17(13-20(22)26(27,28)29)24(36)32-19-8-6-16(2)23(14-19)34-25-31-12-10-21(33-25)18-5-4-11-30-15-18/h3-15,35H,1H2,2H3,(H,32,36)(H,31,33,34). The van der Waals surface area contributed by atoms with Crippen molar-refractivity contribution < 1.29 is 26.4 Å². The molecule has 13 heteroatoms. The van der Waals surface area contributed by atoms with E-state index in [1.165, 1.54) is 0 Å². The number of aryl methyl sites for hydroxylation is 1. The number of nitrogens with one attached hydrogen (secondary N) is 3. The normalized spacial score (nSPS) is 11.5. The summed E-state index contributed by atoms with van der Waals surface area (Å²) in [6.45, 7) is 4.88. The molecule has 0 unspecified atom stereocenters. The van der Waals surface area contributed by atoms with Gasteiger partial charge in [0.2, 0.25) is 5.95 Å². The van der Waals surface area contributed by atoms with Gasteiger partial charge in [0.15, 0.2) is 0 Å². The molecule has 0 radical (unpaired) electrons. The van der Waals surface area contributed by atoms with Gasteiger partial charge in [0, 0.05) is 46.5 Å². The second-order valence-electron chi connectivity index (χ2n) is 8.19. The van der Waals surface area contributed by atoms with E-state index >= 15 is 0 Å². The summed E-state index contributed by atoms with van der Waals surface area (Å²) in [5.41, 5.74) is 0.701. The van der Waals surface area contributed by atoms with Crippen LogP contribution in [-0.2, 0) is 16.2 Å². The van der Waals surface area contributed by atoms with Crippen molar-refractivity contribution in [3.05, 3.63) is 102 Å². The van der Waals surface area contributed by atoms with Gasteiger partial charge in [-0.2, -0.15) is 13.2 Å². The van der Waals surface area contributed by atoms with Crippen LogP contribution < -0.4 is 15.4 Å². The van der Waals surface area contributed by atoms with Gasteiger partial charge in [-0.05, 0) is 61.0 Å². The second-order valence-corrected chi connectivity index (χ2v) is 9.82. The van der Waals surface area contributed by atoms with Gasteiger partial charge in [0.1, 0.15) is 0 Å². The summed E-state index contributed by atoms with van der Waals surface area (Å²) in [6.07, 6.45) is -0.0372. The van der Waals surface area contributed by atoms with Gasteiger partial charge in [-0.3, -0.25) is 14.5 Å². The van der Waals surface area contributed by atoms with E-state index in [1.54, 1.807) is 53.6 Å². The molecular formula is C26H21F3N6O3S. The number of pyridine rings is 1. The zero-order chi connectivity index (χ0) is 28.2. The van der Waals surface area contributed by atoms with Crippen LogP contribution in [0, 0.1) is 6.92 Å². The minimum absolute atomic E-state index is 0.287. The molecule has 2 aromatic carbocycles. The van der Waals surface area contributed by atoms with Crippen LogP contribution in [0.25, 0.3) is 11.3 Å². The van der Waals surface area contributed by atoms with E-state index in [9.17, 15) is 26.4 Å². The third kappa shape index (κ3) is 6.76. The van der Waals surface area contributed by atoms with Gasteiger partial charge in [0.05, 0.1) is 16.9 Å². The molecule has 2 aromatic heterocycles. The lowest BCUT2D eigenvalue weighted by atomic mass is 10.1. The van der Waals surface area contributed by atoms with Gasteiger partial charge in [-0.25, -0.2) is 18.4 Å². The lowest BCUT2D eigenvalue weighted by molar-refractivity contribution is -0.136. The average Bonchev–Trinajstić information content (AvgIpc) is 2.90. The van der Waals surface area contributed by atoms with Crippen molar-refractivity contribution in [1.29, 1.82) is 0 Å². The zero-order valence-corrected chi connectivity index (χ0v) is 21.1. The van der Waals surface area contributed by atoms with E-state index < -0.39 is 33.4 Å². The first-order valence-electron chi connectivity index (χ1n) is 11.2. The molecule has 0 fully saturated rings. The predicted octanol–water partition coefficient (Wildman–Crippen LogP) is 5.75. The van der Waals surface area contributed by atoms with Crippen LogP contribution in [0.5, 0.6) is 0 Å². The van der Waals surface area contributed by atoms with E-state index in [0.717, 1.165) is 23.3 Å². The smallest absolute Gasteiger partial charge is 0.324 e. The zero-order valence-electron chi connectivity index (χ0n) is 20.3. The van der Waals surface area contributed by atoms with Crippen LogP contribution in [0.1, 0.15) is 21.5 Å². The number of carbonyl (C=O) groups is 1. The van der Waals surface area contributed by atoms with Crippen LogP contribution in [-0.4, -0.2) is 29.3 Å². The summed E-state index contributed by atoms with van der Waals surface area (Å²) < 4.78 is 66.0. The van der Waals surface area contributed by atoms with Gasteiger partial charge < -0.3 is 10.6 Å². The van der Waals surface area contributed by atoms with Crippen molar-refractivity contribution in [2.45, 2.75) is 13.1 Å². The summed E-state index contributed by atoms with van der Waals surface area (Å²) in [4.78, 5) is 25.6. The number of hydrogen-bond acceptors (Lipinski definition) is 7. The number of sulfonamides is 1. The fourth-order valence-electron chi connectivity index (χ4n) is 3.46. The monoisotopic (exact) mass is 554 g/mol. The van der Waals surface area contributed by atoms with E-state index in [2.05, 4.69) is 32.2 Å². The molecule has 200 valence electrons. The number of nitrogens with zero attached hydrogens (tertiary/aromatic N) is 3. The highest BCUT2D eigenvalue weighted by atomic mass is 32.2. The molecule has 0 aliphatic rings. The molecule has 2 heterocycles. The van der Waals surface area contributed by atoms with E-state index in [1.807, 2.05) is 13.0 Å². The van der Waals surface area contributed by atoms with Crippen molar-refractivity contribution in [3.8, 4) is 11.3 Å². The van der Waals surface area contributed by atoms with Crippen molar-refractivity contribution in [2.24, 2.45) is 0 Å². The number of amides is 1. The Morgan fingerprint density at radius 3 is 2.51 bits per heavy atom. The van der Waals surface area contributed by atoms with Gasteiger partial charge >= 0.3 is 6.18 Å². The van der Waals surface area contributed by atoms with Crippen molar-refractivity contribution >= 4 is 38.9 Å². The Bertz CT molecular complexity index is 1640. The first kappa shape index (κ1) is 27.3. The molecule has 0 aliphatic carbocycles. The van der Waals surface area contributed by atoms with Gasteiger partial charge in [0.25, 0.3) is 15.9 Å². The minimum atomic E-state index is -4.93. The topological polar surface area (TPSA) is 126 Å². The Labute approximate surface area is 221 Å². The Morgan fingerprint density at radius 1 is 1.03 bits per heavy atom.